The number of carbonyl (C=O) groups excluding carboxylic acids is 1. The summed E-state index contributed by atoms with van der Waals surface area (Å²) in [6.07, 6.45) is 0. The first kappa shape index (κ1) is 6.57. The fourth-order valence-corrected chi connectivity index (χ4v) is 1.35. The lowest BCUT2D eigenvalue weighted by Crippen LogP contribution is -2.09. The molecular weight excluding hydrogens is 156 g/mol. The zero-order valence-corrected chi connectivity index (χ0v) is 6.08. The smallest absolute Gasteiger partial charge is 0.261 e. The van der Waals surface area contributed by atoms with Gasteiger partial charge in [0.2, 0.25) is 0 Å². The molecule has 0 fully saturated rings. The lowest BCUT2D eigenvalue weighted by molar-refractivity contribution is 0.100. The number of aromatic nitrogens is 1. The van der Waals surface area contributed by atoms with Crippen LogP contribution in [0.4, 0.5) is 0 Å². The Hall–Kier alpha value is -0.550. The van der Waals surface area contributed by atoms with Crippen LogP contribution < -0.4 is 5.73 Å². The molecule has 5 heteroatoms. The van der Waals surface area contributed by atoms with Crippen molar-refractivity contribution in [1.29, 1.82) is 0 Å². The molecule has 0 radical (unpaired) electrons. The molecule has 0 aromatic carbocycles. The molecule has 0 spiro atoms. The van der Waals surface area contributed by atoms with Gasteiger partial charge in [-0.3, -0.25) is 4.79 Å². The number of hydrogen-bond donors (Lipinski definition) is 2. The summed E-state index contributed by atoms with van der Waals surface area (Å²) in [5.41, 5.74) is 6.47. The molecule has 0 aliphatic carbocycles. The molecule has 0 bridgehead atoms. The van der Waals surface area contributed by atoms with Gasteiger partial charge in [0.15, 0.2) is 0 Å². The van der Waals surface area contributed by atoms with Gasteiger partial charge in [-0.05, 0) is 0 Å². The predicted molar refractivity (Wildman–Crippen MR) is 37.9 cm³/mol. The molecule has 3 nitrogen and oxygen atoms in total. The van der Waals surface area contributed by atoms with Crippen LogP contribution in [0.5, 0.6) is 0 Å². The number of thiazole rings is 1. The van der Waals surface area contributed by atoms with Crippen LogP contribution >= 0.6 is 24.0 Å². The van der Waals surface area contributed by atoms with E-state index in [0.717, 1.165) is 0 Å². The van der Waals surface area contributed by atoms with Crippen LogP contribution in [0.25, 0.3) is 0 Å². The highest BCUT2D eigenvalue weighted by Crippen LogP contribution is 2.14. The summed E-state index contributed by atoms with van der Waals surface area (Å²) in [6.45, 7) is 0. The predicted octanol–water partition coefficient (Wildman–Crippen LogP) is 0.531. The Morgan fingerprint density at radius 1 is 1.89 bits per heavy atom. The van der Waals surface area contributed by atoms with Crippen molar-refractivity contribution in [3.8, 4) is 0 Å². The standard InChI is InChI=1S/C4H4N2OS2/c5-3(7)2-4(8)6-1-9-2/h1,8H,(H2,5,7). The summed E-state index contributed by atoms with van der Waals surface area (Å²) in [4.78, 5) is 14.6. The Labute approximate surface area is 61.3 Å². The molecule has 1 rings (SSSR count). The number of primary amides is 1. The molecule has 1 heterocycles. The van der Waals surface area contributed by atoms with Crippen molar-refractivity contribution < 1.29 is 4.79 Å². The normalized spacial score (nSPS) is 9.44. The maximum absolute atomic E-state index is 10.4. The molecule has 2 N–H and O–H groups in total. The maximum Gasteiger partial charge on any atom is 0.261 e. The van der Waals surface area contributed by atoms with Crippen molar-refractivity contribution in [2.75, 3.05) is 0 Å². The largest absolute Gasteiger partial charge is 0.365 e. The van der Waals surface area contributed by atoms with Gasteiger partial charge in [-0.1, -0.05) is 0 Å². The summed E-state index contributed by atoms with van der Waals surface area (Å²) < 4.78 is 0. The van der Waals surface area contributed by atoms with E-state index in [2.05, 4.69) is 17.6 Å². The summed E-state index contributed by atoms with van der Waals surface area (Å²) >= 11 is 5.08. The van der Waals surface area contributed by atoms with E-state index < -0.39 is 5.91 Å². The fraction of sp³-hybridized carbons (Fsp3) is 0. The number of nitrogens with zero attached hydrogens (tertiary/aromatic N) is 1. The van der Waals surface area contributed by atoms with Crippen LogP contribution in [0.1, 0.15) is 9.67 Å². The van der Waals surface area contributed by atoms with Crippen LogP contribution in [0.2, 0.25) is 0 Å². The van der Waals surface area contributed by atoms with Crippen LogP contribution in [0, 0.1) is 0 Å². The molecule has 0 saturated carbocycles. The van der Waals surface area contributed by atoms with Gasteiger partial charge in [0.25, 0.3) is 5.91 Å². The van der Waals surface area contributed by atoms with Crippen LogP contribution in [0.15, 0.2) is 10.5 Å². The number of nitrogens with two attached hydrogens (primary N) is 1. The molecule has 48 valence electrons. The van der Waals surface area contributed by atoms with E-state index in [-0.39, 0.29) is 0 Å². The Balaban J connectivity index is 3.08. The first-order chi connectivity index (χ1) is 4.22. The molecule has 0 unspecified atom stereocenters. The molecule has 1 aromatic rings. The Bertz CT molecular complexity index is 232. The molecule has 0 atom stereocenters. The molecule has 1 amide bonds. The highest BCUT2D eigenvalue weighted by Gasteiger charge is 2.06. The van der Waals surface area contributed by atoms with Crippen LogP contribution in [-0.2, 0) is 0 Å². The molecule has 9 heavy (non-hydrogen) atoms. The van der Waals surface area contributed by atoms with Gasteiger partial charge in [-0.15, -0.1) is 24.0 Å². The van der Waals surface area contributed by atoms with Gasteiger partial charge < -0.3 is 5.73 Å². The van der Waals surface area contributed by atoms with E-state index in [1.165, 1.54) is 16.8 Å². The van der Waals surface area contributed by atoms with Crippen molar-refractivity contribution in [2.45, 2.75) is 5.03 Å². The molecule has 0 aliphatic heterocycles. The van der Waals surface area contributed by atoms with Crippen molar-refractivity contribution in [2.24, 2.45) is 5.73 Å². The van der Waals surface area contributed by atoms with E-state index in [1.54, 1.807) is 0 Å². The second-order valence-corrected chi connectivity index (χ2v) is 2.65. The van der Waals surface area contributed by atoms with Crippen LogP contribution in [-0.4, -0.2) is 10.9 Å². The number of hydrogen-bond acceptors (Lipinski definition) is 4. The first-order valence-electron chi connectivity index (χ1n) is 2.14. The quantitative estimate of drug-likeness (QED) is 0.589. The third kappa shape index (κ3) is 1.22. The molecule has 0 saturated heterocycles. The average molecular weight is 160 g/mol. The van der Waals surface area contributed by atoms with Gasteiger partial charge in [0.05, 0.1) is 5.51 Å². The third-order valence-corrected chi connectivity index (χ3v) is 2.10. The van der Waals surface area contributed by atoms with Crippen molar-refractivity contribution in [3.63, 3.8) is 0 Å². The lowest BCUT2D eigenvalue weighted by Gasteiger charge is -1.85. The number of carbonyl (C=O) groups is 1. The summed E-state index contributed by atoms with van der Waals surface area (Å²) in [5, 5.41) is 0.410. The van der Waals surface area contributed by atoms with E-state index in [9.17, 15) is 4.79 Å². The minimum atomic E-state index is -0.470. The van der Waals surface area contributed by atoms with Crippen LogP contribution in [0.3, 0.4) is 0 Å². The maximum atomic E-state index is 10.4. The summed E-state index contributed by atoms with van der Waals surface area (Å²) in [5.74, 6) is -0.470. The highest BCUT2D eigenvalue weighted by atomic mass is 32.1. The van der Waals surface area contributed by atoms with Crippen molar-refractivity contribution in [3.05, 3.63) is 10.4 Å². The number of rotatable bonds is 1. The van der Waals surface area contributed by atoms with Crippen molar-refractivity contribution in [1.82, 2.24) is 4.98 Å². The zero-order chi connectivity index (χ0) is 6.85. The Morgan fingerprint density at radius 2 is 2.56 bits per heavy atom. The zero-order valence-electron chi connectivity index (χ0n) is 4.37. The SMILES string of the molecule is NC(=O)c1scnc1S. The second-order valence-electron chi connectivity index (χ2n) is 1.37. The van der Waals surface area contributed by atoms with Gasteiger partial charge in [0.1, 0.15) is 9.90 Å². The van der Waals surface area contributed by atoms with Gasteiger partial charge >= 0.3 is 0 Å². The van der Waals surface area contributed by atoms with E-state index in [1.807, 2.05) is 0 Å². The summed E-state index contributed by atoms with van der Waals surface area (Å²) in [7, 11) is 0. The molecule has 1 aromatic heterocycles. The average Bonchev–Trinajstić information content (AvgIpc) is 2.13. The lowest BCUT2D eigenvalue weighted by atomic mass is 10.5. The molecule has 0 aliphatic rings. The Morgan fingerprint density at radius 3 is 2.78 bits per heavy atom. The topological polar surface area (TPSA) is 56.0 Å². The molecular formula is C4H4N2OS2. The third-order valence-electron chi connectivity index (χ3n) is 0.772. The van der Waals surface area contributed by atoms with E-state index in [0.29, 0.717) is 9.90 Å². The second kappa shape index (κ2) is 2.36. The number of amides is 1. The van der Waals surface area contributed by atoms with E-state index >= 15 is 0 Å². The fourth-order valence-electron chi connectivity index (χ4n) is 0.409. The summed E-state index contributed by atoms with van der Waals surface area (Å²) in [6, 6.07) is 0. The number of thiol groups is 1. The highest BCUT2D eigenvalue weighted by molar-refractivity contribution is 7.80. The monoisotopic (exact) mass is 160 g/mol. The van der Waals surface area contributed by atoms with E-state index in [4.69, 9.17) is 5.73 Å². The van der Waals surface area contributed by atoms with Gasteiger partial charge in [0, 0.05) is 0 Å². The van der Waals surface area contributed by atoms with Gasteiger partial charge in [-0.25, -0.2) is 4.98 Å². The Kier molecular flexibility index (Phi) is 1.73. The van der Waals surface area contributed by atoms with Crippen molar-refractivity contribution >= 4 is 29.9 Å². The first-order valence-corrected chi connectivity index (χ1v) is 3.46. The van der Waals surface area contributed by atoms with Gasteiger partial charge in [-0.2, -0.15) is 0 Å². The minimum absolute atomic E-state index is 0.410. The minimum Gasteiger partial charge on any atom is -0.365 e.